The number of carbonyl (C=O) groups excluding carboxylic acids is 1. The zero-order chi connectivity index (χ0) is 29.5. The predicted octanol–water partition coefficient (Wildman–Crippen LogP) is 3.49. The average molecular weight is 606 g/mol. The van der Waals surface area contributed by atoms with Gasteiger partial charge >= 0.3 is 0 Å². The van der Waals surface area contributed by atoms with E-state index in [1.165, 1.54) is 38.3 Å². The lowest BCUT2D eigenvalue weighted by molar-refractivity contribution is 0.0608. The number of aromatic nitrogens is 1. The first-order valence-corrected chi connectivity index (χ1v) is 16.5. The van der Waals surface area contributed by atoms with Crippen LogP contribution in [0.4, 0.5) is 11.5 Å². The Labute approximate surface area is 250 Å². The Morgan fingerprint density at radius 2 is 1.81 bits per heavy atom. The van der Waals surface area contributed by atoms with Crippen LogP contribution < -0.4 is 19.1 Å². The molecule has 2 bridgehead atoms. The van der Waals surface area contributed by atoms with Crippen LogP contribution in [0.5, 0.6) is 11.5 Å². The zero-order valence-corrected chi connectivity index (χ0v) is 25.2. The third kappa shape index (κ3) is 4.21. The second kappa shape index (κ2) is 9.62. The Morgan fingerprint density at radius 3 is 2.49 bits per heavy atom. The van der Waals surface area contributed by atoms with Crippen LogP contribution in [0, 0.1) is 0 Å². The predicted molar refractivity (Wildman–Crippen MR) is 160 cm³/mol. The number of anilines is 2. The van der Waals surface area contributed by atoms with Gasteiger partial charge in [0.1, 0.15) is 11.5 Å². The third-order valence-electron chi connectivity index (χ3n) is 10.0. The molecular formula is C31H35N5O6S. The molecule has 3 aromatic rings. The van der Waals surface area contributed by atoms with E-state index in [-0.39, 0.29) is 39.6 Å². The van der Waals surface area contributed by atoms with E-state index in [0.29, 0.717) is 24.3 Å². The van der Waals surface area contributed by atoms with Crippen molar-refractivity contribution in [3.63, 3.8) is 0 Å². The number of nitrogens with one attached hydrogen (secondary N) is 1. The number of ether oxygens (including phenoxy) is 2. The van der Waals surface area contributed by atoms with Gasteiger partial charge in [0.2, 0.25) is 0 Å². The van der Waals surface area contributed by atoms with Crippen LogP contribution in [0.1, 0.15) is 47.2 Å². The van der Waals surface area contributed by atoms with Crippen LogP contribution in [-0.2, 0) is 21.9 Å². The van der Waals surface area contributed by atoms with Gasteiger partial charge in [-0.25, -0.2) is 8.42 Å². The lowest BCUT2D eigenvalue weighted by atomic mass is 9.79. The van der Waals surface area contributed by atoms with Gasteiger partial charge in [0.05, 0.1) is 14.2 Å². The molecule has 43 heavy (non-hydrogen) atoms. The summed E-state index contributed by atoms with van der Waals surface area (Å²) in [6.45, 7) is 5.39. The van der Waals surface area contributed by atoms with E-state index < -0.39 is 10.0 Å². The smallest absolute Gasteiger partial charge is 0.270 e. The van der Waals surface area contributed by atoms with Gasteiger partial charge in [0.15, 0.2) is 16.5 Å². The Morgan fingerprint density at radius 1 is 1.05 bits per heavy atom. The Kier molecular flexibility index (Phi) is 6.00. The summed E-state index contributed by atoms with van der Waals surface area (Å²) in [5, 5.41) is 4.22. The van der Waals surface area contributed by atoms with Crippen molar-refractivity contribution in [3.05, 3.63) is 47.0 Å². The number of piperazine rings is 1. The number of fused-ring (bicyclic) bond motifs is 6. The van der Waals surface area contributed by atoms with Gasteiger partial charge in [0.25, 0.3) is 15.9 Å². The highest BCUT2D eigenvalue weighted by Crippen LogP contribution is 2.59. The highest BCUT2D eigenvalue weighted by molar-refractivity contribution is 7.93. The second-order valence-electron chi connectivity index (χ2n) is 12.4. The van der Waals surface area contributed by atoms with Crippen LogP contribution >= 0.6 is 0 Å². The van der Waals surface area contributed by atoms with Crippen LogP contribution in [0.2, 0.25) is 0 Å². The third-order valence-corrected chi connectivity index (χ3v) is 11.4. The average Bonchev–Trinajstić information content (AvgIpc) is 3.50. The Bertz CT molecular complexity index is 1720. The molecule has 11 nitrogen and oxygen atoms in total. The summed E-state index contributed by atoms with van der Waals surface area (Å²) >= 11 is 0. The molecule has 1 N–H and O–H groups in total. The lowest BCUT2D eigenvalue weighted by Crippen LogP contribution is -2.49. The second-order valence-corrected chi connectivity index (χ2v) is 14.0. The monoisotopic (exact) mass is 605 g/mol. The number of hydrogen-bond donors (Lipinski definition) is 1. The highest BCUT2D eigenvalue weighted by atomic mass is 32.2. The van der Waals surface area contributed by atoms with Crippen LogP contribution in [0.25, 0.3) is 11.3 Å². The fourth-order valence-corrected chi connectivity index (χ4v) is 8.66. The maximum Gasteiger partial charge on any atom is 0.270 e. The Hall–Kier alpha value is -3.77. The van der Waals surface area contributed by atoms with Crippen LogP contribution in [-0.4, -0.2) is 88.8 Å². The first-order valence-electron chi connectivity index (χ1n) is 15.0. The molecule has 1 aromatic heterocycles. The van der Waals surface area contributed by atoms with Gasteiger partial charge in [-0.1, -0.05) is 11.2 Å². The molecule has 3 saturated heterocycles. The molecule has 4 heterocycles. The number of hydrogen-bond acceptors (Lipinski definition) is 9. The van der Waals surface area contributed by atoms with Gasteiger partial charge in [-0.15, -0.1) is 0 Å². The van der Waals surface area contributed by atoms with E-state index >= 15 is 0 Å². The number of methoxy groups -OCH3 is 2. The molecule has 12 heteroatoms. The van der Waals surface area contributed by atoms with E-state index in [1.807, 2.05) is 4.90 Å². The van der Waals surface area contributed by atoms with E-state index in [4.69, 9.17) is 14.0 Å². The molecule has 2 aliphatic carbocycles. The quantitative estimate of drug-likeness (QED) is 0.432. The fourth-order valence-electron chi connectivity index (χ4n) is 7.33. The molecule has 4 fully saturated rings. The SMILES string of the molecule is COc1cc(C(=O)N2CCN3CC[C@@H]2C3)cc(OC)c1S(=O)(=O)Nc1noc2c1CC1(CC1)c1ccc(N3CCC3)cc1-2. The lowest BCUT2D eigenvalue weighted by Gasteiger charge is -2.34. The van der Waals surface area contributed by atoms with E-state index in [9.17, 15) is 13.2 Å². The van der Waals surface area contributed by atoms with Gasteiger partial charge in [-0.3, -0.25) is 14.4 Å². The molecule has 3 aliphatic heterocycles. The molecule has 0 radical (unpaired) electrons. The minimum Gasteiger partial charge on any atom is -0.495 e. The molecule has 1 amide bonds. The molecule has 1 saturated carbocycles. The topological polar surface area (TPSA) is 117 Å². The molecular weight excluding hydrogens is 570 g/mol. The normalized spacial score (nSPS) is 22.9. The summed E-state index contributed by atoms with van der Waals surface area (Å²) in [6.07, 6.45) is 4.83. The molecule has 1 spiro atoms. The van der Waals surface area contributed by atoms with Gasteiger partial charge < -0.3 is 23.8 Å². The summed E-state index contributed by atoms with van der Waals surface area (Å²) in [4.78, 5) is 19.9. The van der Waals surface area contributed by atoms with Crippen molar-refractivity contribution in [2.45, 2.75) is 48.5 Å². The standard InChI is InChI=1S/C31H35N5O6S/c1-40-25-14-19(30(37)36-13-12-34-11-6-21(36)18-34)15-26(41-2)28(25)43(38,39)33-29-23-17-31(7-8-31)24-5-4-20(35-9-3-10-35)16-22(24)27(23)42-32-29/h4-5,14-16,21H,3,6-13,17-18H2,1-2H3,(H,32,33)/t21-/m1/s1. The largest absolute Gasteiger partial charge is 0.495 e. The Balaban J connectivity index is 1.13. The summed E-state index contributed by atoms with van der Waals surface area (Å²) in [6, 6.07) is 9.68. The summed E-state index contributed by atoms with van der Waals surface area (Å²) in [5.41, 5.74) is 4.45. The zero-order valence-electron chi connectivity index (χ0n) is 24.4. The highest BCUT2D eigenvalue weighted by Gasteiger charge is 2.51. The maximum atomic E-state index is 14.0. The van der Waals surface area contributed by atoms with Gasteiger partial charge in [-0.05, 0) is 61.9 Å². The van der Waals surface area contributed by atoms with Crippen molar-refractivity contribution < 1.29 is 27.2 Å². The van der Waals surface area contributed by atoms with Crippen molar-refractivity contribution in [2.24, 2.45) is 0 Å². The number of nitrogens with zero attached hydrogens (tertiary/aromatic N) is 4. The van der Waals surface area contributed by atoms with Crippen molar-refractivity contribution in [1.29, 1.82) is 0 Å². The van der Waals surface area contributed by atoms with Gasteiger partial charge in [0, 0.05) is 73.1 Å². The first kappa shape index (κ1) is 26.8. The number of carbonyl (C=O) groups is 1. The number of sulfonamides is 1. The number of rotatable bonds is 7. The number of amides is 1. The van der Waals surface area contributed by atoms with Crippen molar-refractivity contribution >= 4 is 27.4 Å². The maximum absolute atomic E-state index is 14.0. The van der Waals surface area contributed by atoms with E-state index in [0.717, 1.165) is 68.8 Å². The molecule has 2 atom stereocenters. The molecule has 8 rings (SSSR count). The summed E-state index contributed by atoms with van der Waals surface area (Å²) in [7, 11) is -1.47. The minimum atomic E-state index is -4.25. The molecule has 5 aliphatic rings. The molecule has 1 unspecified atom stereocenters. The van der Waals surface area contributed by atoms with Crippen molar-refractivity contribution in [3.8, 4) is 22.8 Å². The van der Waals surface area contributed by atoms with Gasteiger partial charge in [-0.2, -0.15) is 0 Å². The fraction of sp³-hybridized carbons (Fsp3) is 0.484. The summed E-state index contributed by atoms with van der Waals surface area (Å²) in [5.74, 6) is 0.683. The molecule has 2 aromatic carbocycles. The summed E-state index contributed by atoms with van der Waals surface area (Å²) < 4.78 is 47.6. The van der Waals surface area contributed by atoms with Crippen LogP contribution in [0.15, 0.2) is 39.8 Å². The molecule has 226 valence electrons. The van der Waals surface area contributed by atoms with Crippen LogP contribution in [0.3, 0.4) is 0 Å². The number of benzene rings is 2. The first-order chi connectivity index (χ1) is 20.8. The van der Waals surface area contributed by atoms with Crippen molar-refractivity contribution in [2.75, 3.05) is 63.1 Å². The minimum absolute atomic E-state index is 0.0241. The van der Waals surface area contributed by atoms with E-state index in [1.54, 1.807) is 0 Å². The van der Waals surface area contributed by atoms with E-state index in [2.05, 4.69) is 37.9 Å². The van der Waals surface area contributed by atoms with Crippen molar-refractivity contribution in [1.82, 2.24) is 15.0 Å².